The number of piperazine rings is 1. The van der Waals surface area contributed by atoms with Gasteiger partial charge in [0.15, 0.2) is 5.65 Å². The Kier molecular flexibility index (Phi) is 4.92. The highest BCUT2D eigenvalue weighted by molar-refractivity contribution is 5.85. The lowest BCUT2D eigenvalue weighted by Gasteiger charge is -2.28. The number of aromatic nitrogens is 4. The molecule has 2 aromatic rings. The average molecular weight is 277 g/mol. The Morgan fingerprint density at radius 2 is 1.88 bits per heavy atom. The van der Waals surface area contributed by atoms with Crippen LogP contribution in [0.1, 0.15) is 0 Å². The fourth-order valence-corrected chi connectivity index (χ4v) is 1.81. The second kappa shape index (κ2) is 6.00. The number of nitrogens with zero attached hydrogens (tertiary/aromatic N) is 5. The summed E-state index contributed by atoms with van der Waals surface area (Å²) in [6.07, 6.45) is 5.15. The molecule has 94 valence electrons. The average Bonchev–Trinajstić information content (AvgIpc) is 2.74. The van der Waals surface area contributed by atoms with Crippen molar-refractivity contribution in [2.45, 2.75) is 0 Å². The molecule has 1 fully saturated rings. The molecule has 8 heteroatoms. The van der Waals surface area contributed by atoms with Crippen LogP contribution >= 0.6 is 24.8 Å². The van der Waals surface area contributed by atoms with Crippen LogP contribution in [-0.2, 0) is 0 Å². The Morgan fingerprint density at radius 3 is 2.65 bits per heavy atom. The van der Waals surface area contributed by atoms with Crippen molar-refractivity contribution in [1.82, 2.24) is 25.2 Å². The number of halogens is 2. The maximum absolute atomic E-state index is 4.33. The third-order valence-corrected chi connectivity index (χ3v) is 2.58. The molecule has 17 heavy (non-hydrogen) atoms. The van der Waals surface area contributed by atoms with Gasteiger partial charge in [-0.15, -0.1) is 24.8 Å². The van der Waals surface area contributed by atoms with Gasteiger partial charge in [-0.3, -0.25) is 5.01 Å². The normalized spacial score (nSPS) is 15.2. The van der Waals surface area contributed by atoms with Gasteiger partial charge in [-0.05, 0) is 0 Å². The van der Waals surface area contributed by atoms with Gasteiger partial charge >= 0.3 is 0 Å². The zero-order valence-electron chi connectivity index (χ0n) is 9.11. The molecular weight excluding hydrogens is 263 g/mol. The summed E-state index contributed by atoms with van der Waals surface area (Å²) in [6, 6.07) is 0. The summed E-state index contributed by atoms with van der Waals surface area (Å²) >= 11 is 0. The molecule has 1 saturated heterocycles. The van der Waals surface area contributed by atoms with Crippen LogP contribution in [0.25, 0.3) is 11.0 Å². The van der Waals surface area contributed by atoms with Crippen LogP contribution in [0.15, 0.2) is 18.7 Å². The molecule has 3 rings (SSSR count). The topological polar surface area (TPSA) is 58.9 Å². The largest absolute Gasteiger partial charge is 0.313 e. The molecule has 0 bridgehead atoms. The summed E-state index contributed by atoms with van der Waals surface area (Å²) < 4.78 is 0. The third-order valence-electron chi connectivity index (χ3n) is 2.58. The van der Waals surface area contributed by atoms with Crippen molar-refractivity contribution in [2.24, 2.45) is 0 Å². The third kappa shape index (κ3) is 2.59. The predicted octanol–water partition coefficient (Wildman–Crippen LogP) is 0.211. The molecule has 0 spiro atoms. The van der Waals surface area contributed by atoms with Crippen LogP contribution in [0.5, 0.6) is 0 Å². The first-order chi connectivity index (χ1) is 7.45. The van der Waals surface area contributed by atoms with E-state index in [-0.39, 0.29) is 24.8 Å². The van der Waals surface area contributed by atoms with Gasteiger partial charge in [-0.25, -0.2) is 9.97 Å². The monoisotopic (exact) mass is 276 g/mol. The van der Waals surface area contributed by atoms with Gasteiger partial charge in [0.25, 0.3) is 0 Å². The number of nitrogens with one attached hydrogen (secondary N) is 1. The molecule has 6 nitrogen and oxygen atoms in total. The molecule has 1 aliphatic heterocycles. The predicted molar refractivity (Wildman–Crippen MR) is 70.6 cm³/mol. The molecule has 0 aromatic carbocycles. The van der Waals surface area contributed by atoms with Gasteiger partial charge in [0.2, 0.25) is 0 Å². The van der Waals surface area contributed by atoms with Crippen molar-refractivity contribution in [3.63, 3.8) is 0 Å². The van der Waals surface area contributed by atoms with E-state index in [9.17, 15) is 0 Å². The number of fused-ring (bicyclic) bond motifs is 1. The molecule has 0 saturated carbocycles. The van der Waals surface area contributed by atoms with Gasteiger partial charge in [-0.1, -0.05) is 0 Å². The summed E-state index contributed by atoms with van der Waals surface area (Å²) in [5.74, 6) is 0. The van der Waals surface area contributed by atoms with Crippen molar-refractivity contribution in [3.05, 3.63) is 18.7 Å². The van der Waals surface area contributed by atoms with Gasteiger partial charge < -0.3 is 5.32 Å². The van der Waals surface area contributed by atoms with E-state index in [0.29, 0.717) is 0 Å². The number of rotatable bonds is 1. The molecule has 1 aliphatic rings. The van der Waals surface area contributed by atoms with Gasteiger partial charge in [-0.2, -0.15) is 9.89 Å². The Morgan fingerprint density at radius 1 is 1.12 bits per heavy atom. The molecule has 0 radical (unpaired) electrons. The van der Waals surface area contributed by atoms with E-state index < -0.39 is 0 Å². The molecule has 2 aromatic heterocycles. The first-order valence-corrected chi connectivity index (χ1v) is 5.05. The number of hydrogen-bond donors (Lipinski definition) is 1. The van der Waals surface area contributed by atoms with Gasteiger partial charge in [0.1, 0.15) is 6.33 Å². The van der Waals surface area contributed by atoms with Crippen molar-refractivity contribution in [2.75, 3.05) is 31.2 Å². The molecule has 0 aliphatic carbocycles. The van der Waals surface area contributed by atoms with Crippen LogP contribution in [-0.4, -0.2) is 46.0 Å². The molecule has 0 amide bonds. The summed E-state index contributed by atoms with van der Waals surface area (Å²) in [4.78, 5) is 10.1. The van der Waals surface area contributed by atoms with Crippen molar-refractivity contribution < 1.29 is 0 Å². The van der Waals surface area contributed by atoms with E-state index in [0.717, 1.165) is 37.2 Å². The fourth-order valence-electron chi connectivity index (χ4n) is 1.81. The Labute approximate surface area is 111 Å². The van der Waals surface area contributed by atoms with Crippen molar-refractivity contribution in [1.29, 1.82) is 0 Å². The lowest BCUT2D eigenvalue weighted by molar-refractivity contribution is 0.468. The van der Waals surface area contributed by atoms with E-state index in [1.807, 2.05) is 4.79 Å². The summed E-state index contributed by atoms with van der Waals surface area (Å²) in [5, 5.41) is 10.8. The minimum absolute atomic E-state index is 0. The van der Waals surface area contributed by atoms with E-state index >= 15 is 0 Å². The van der Waals surface area contributed by atoms with Crippen LogP contribution in [0.4, 0.5) is 0 Å². The zero-order chi connectivity index (χ0) is 10.1. The molecule has 0 unspecified atom stereocenters. The Hall–Kier alpha value is -1.11. The van der Waals surface area contributed by atoms with Crippen LogP contribution in [0, 0.1) is 0 Å². The van der Waals surface area contributed by atoms with E-state index in [2.05, 4.69) is 25.4 Å². The fraction of sp³-hybridized carbons (Fsp3) is 0.444. The highest BCUT2D eigenvalue weighted by atomic mass is 35.5. The Bertz CT molecular complexity index is 467. The van der Waals surface area contributed by atoms with Crippen molar-refractivity contribution >= 4 is 35.8 Å². The molecule has 1 N–H and O–H groups in total. The van der Waals surface area contributed by atoms with Crippen LogP contribution < -0.4 is 10.3 Å². The van der Waals surface area contributed by atoms with E-state index in [1.54, 1.807) is 18.7 Å². The summed E-state index contributed by atoms with van der Waals surface area (Å²) in [5.41, 5.74) is 0.881. The van der Waals surface area contributed by atoms with Crippen LogP contribution in [0.2, 0.25) is 0 Å². The molecular formula is C9H14Cl2N6. The smallest absolute Gasteiger partial charge is 0.183 e. The minimum atomic E-state index is 0. The highest BCUT2D eigenvalue weighted by Crippen LogP contribution is 2.08. The van der Waals surface area contributed by atoms with Crippen LogP contribution in [0.3, 0.4) is 0 Å². The van der Waals surface area contributed by atoms with Gasteiger partial charge in [0.05, 0.1) is 11.6 Å². The van der Waals surface area contributed by atoms with Gasteiger partial charge in [0, 0.05) is 32.4 Å². The first-order valence-electron chi connectivity index (χ1n) is 5.05. The first kappa shape index (κ1) is 14.0. The lowest BCUT2D eigenvalue weighted by atomic mass is 10.4. The van der Waals surface area contributed by atoms with E-state index in [1.165, 1.54) is 0 Å². The maximum atomic E-state index is 4.33. The van der Waals surface area contributed by atoms with Crippen molar-refractivity contribution in [3.8, 4) is 0 Å². The summed E-state index contributed by atoms with van der Waals surface area (Å²) in [6.45, 7) is 3.90. The summed E-state index contributed by atoms with van der Waals surface area (Å²) in [7, 11) is 0. The lowest BCUT2D eigenvalue weighted by Crippen LogP contribution is -2.49. The quantitative estimate of drug-likeness (QED) is 0.807. The maximum Gasteiger partial charge on any atom is 0.183 e. The standard InChI is InChI=1S/C9H12N6.2ClH/c1-3-14(4-2-10-1)15-9-8(6-13-15)5-11-7-12-9;;/h5-7,10H,1-4H2;2*1H. The SMILES string of the molecule is Cl.Cl.c1ncc2cnn(N3CCNCC3)c2n1. The Balaban J connectivity index is 0.000000722. The van der Waals surface area contributed by atoms with E-state index in [4.69, 9.17) is 0 Å². The molecule has 3 heterocycles. The second-order valence-electron chi connectivity index (χ2n) is 3.54. The highest BCUT2D eigenvalue weighted by Gasteiger charge is 2.13. The second-order valence-corrected chi connectivity index (χ2v) is 3.54. The minimum Gasteiger partial charge on any atom is -0.313 e. The number of hydrogen-bond acceptors (Lipinski definition) is 5. The molecule has 0 atom stereocenters. The zero-order valence-corrected chi connectivity index (χ0v) is 10.7.